The number of nitrogens with zero attached hydrogens (tertiary/aromatic N) is 1. The average molecular weight is 397 g/mol. The summed E-state index contributed by atoms with van der Waals surface area (Å²) < 4.78 is 5.73. The summed E-state index contributed by atoms with van der Waals surface area (Å²) in [6, 6.07) is 17.4. The highest BCUT2D eigenvalue weighted by molar-refractivity contribution is 5.87. The van der Waals surface area contributed by atoms with Crippen molar-refractivity contribution in [3.63, 3.8) is 0 Å². The third-order valence-corrected chi connectivity index (χ3v) is 4.94. The number of hydrogen-bond donors (Lipinski definition) is 1. The summed E-state index contributed by atoms with van der Waals surface area (Å²) in [7, 11) is 1.61. The van der Waals surface area contributed by atoms with Crippen LogP contribution in [0.3, 0.4) is 0 Å². The van der Waals surface area contributed by atoms with Gasteiger partial charge in [0, 0.05) is 20.0 Å². The Morgan fingerprint density at radius 2 is 1.76 bits per heavy atom. The second-order valence-corrected chi connectivity index (χ2v) is 7.13. The summed E-state index contributed by atoms with van der Waals surface area (Å²) in [6.07, 6.45) is 2.27. The lowest BCUT2D eigenvalue weighted by molar-refractivity contribution is -0.140. The van der Waals surface area contributed by atoms with Gasteiger partial charge >= 0.3 is 0 Å². The summed E-state index contributed by atoms with van der Waals surface area (Å²) in [5.74, 6) is 0.675. The lowest BCUT2D eigenvalue weighted by Crippen LogP contribution is -2.49. The molecule has 2 amide bonds. The van der Waals surface area contributed by atoms with Crippen LogP contribution in [0.1, 0.15) is 37.3 Å². The normalized spacial score (nSPS) is 11.6. The molecule has 0 fully saturated rings. The van der Waals surface area contributed by atoms with Crippen LogP contribution < -0.4 is 10.1 Å². The predicted molar refractivity (Wildman–Crippen MR) is 116 cm³/mol. The second-order valence-electron chi connectivity index (χ2n) is 7.13. The molecule has 0 radical (unpaired) electrons. The molecule has 2 aromatic carbocycles. The minimum atomic E-state index is -0.450. The summed E-state index contributed by atoms with van der Waals surface area (Å²) >= 11 is 0. The van der Waals surface area contributed by atoms with Gasteiger partial charge in [-0.3, -0.25) is 9.59 Å². The lowest BCUT2D eigenvalue weighted by atomic mass is 10.1. The average Bonchev–Trinajstić information content (AvgIpc) is 2.75. The van der Waals surface area contributed by atoms with Gasteiger partial charge in [-0.1, -0.05) is 55.0 Å². The van der Waals surface area contributed by atoms with Crippen molar-refractivity contribution in [3.8, 4) is 5.75 Å². The summed E-state index contributed by atoms with van der Waals surface area (Å²) in [5, 5.41) is 2.69. The summed E-state index contributed by atoms with van der Waals surface area (Å²) in [6.45, 7) is 4.96. The number of amides is 2. The molecule has 0 aromatic heterocycles. The maximum atomic E-state index is 12.9. The van der Waals surface area contributed by atoms with Crippen molar-refractivity contribution in [2.24, 2.45) is 0 Å². The van der Waals surface area contributed by atoms with Crippen molar-refractivity contribution >= 4 is 11.8 Å². The fraction of sp³-hybridized carbons (Fsp3) is 0.417. The van der Waals surface area contributed by atoms with Crippen LogP contribution in [0.25, 0.3) is 0 Å². The van der Waals surface area contributed by atoms with E-state index in [0.29, 0.717) is 32.4 Å². The largest absolute Gasteiger partial charge is 0.494 e. The van der Waals surface area contributed by atoms with E-state index in [1.165, 1.54) is 5.56 Å². The number of ether oxygens (including phenoxy) is 1. The van der Waals surface area contributed by atoms with E-state index in [1.54, 1.807) is 11.9 Å². The first-order valence-corrected chi connectivity index (χ1v) is 10.3. The maximum Gasteiger partial charge on any atom is 0.242 e. The molecule has 29 heavy (non-hydrogen) atoms. The molecule has 1 atom stereocenters. The van der Waals surface area contributed by atoms with Crippen molar-refractivity contribution in [1.29, 1.82) is 0 Å². The number of carbonyl (C=O) groups excluding carboxylic acids is 2. The van der Waals surface area contributed by atoms with Gasteiger partial charge in [0.05, 0.1) is 6.61 Å². The van der Waals surface area contributed by atoms with Crippen LogP contribution in [0.15, 0.2) is 54.6 Å². The monoisotopic (exact) mass is 396 g/mol. The highest BCUT2D eigenvalue weighted by atomic mass is 16.5. The van der Waals surface area contributed by atoms with Crippen LogP contribution in [-0.4, -0.2) is 43.0 Å². The van der Waals surface area contributed by atoms with Crippen molar-refractivity contribution < 1.29 is 14.3 Å². The fourth-order valence-electron chi connectivity index (χ4n) is 3.25. The molecule has 5 heteroatoms. The molecule has 2 rings (SSSR count). The molecule has 0 heterocycles. The molecule has 0 aliphatic heterocycles. The molecule has 2 aromatic rings. The van der Waals surface area contributed by atoms with Crippen LogP contribution >= 0.6 is 0 Å². The molecule has 0 saturated heterocycles. The summed E-state index contributed by atoms with van der Waals surface area (Å²) in [5.41, 5.74) is 2.33. The number of aryl methyl sites for hydroxylation is 1. The molecular formula is C24H32N2O3. The van der Waals surface area contributed by atoms with E-state index in [-0.39, 0.29) is 11.8 Å². The zero-order valence-corrected chi connectivity index (χ0v) is 17.7. The van der Waals surface area contributed by atoms with Gasteiger partial charge in [-0.25, -0.2) is 0 Å². The molecule has 1 N–H and O–H groups in total. The summed E-state index contributed by atoms with van der Waals surface area (Å²) in [4.78, 5) is 27.0. The highest BCUT2D eigenvalue weighted by Gasteiger charge is 2.27. The van der Waals surface area contributed by atoms with E-state index < -0.39 is 6.04 Å². The Labute approximate surface area is 174 Å². The molecule has 0 bridgehead atoms. The van der Waals surface area contributed by atoms with Gasteiger partial charge in [0.1, 0.15) is 11.8 Å². The number of benzene rings is 2. The Bertz CT molecular complexity index is 759. The number of nitrogens with one attached hydrogen (secondary N) is 1. The highest BCUT2D eigenvalue weighted by Crippen LogP contribution is 2.14. The van der Waals surface area contributed by atoms with Crippen LogP contribution in [-0.2, 0) is 16.0 Å². The molecule has 5 nitrogen and oxygen atoms in total. The van der Waals surface area contributed by atoms with Crippen molar-refractivity contribution in [1.82, 2.24) is 10.2 Å². The topological polar surface area (TPSA) is 58.6 Å². The van der Waals surface area contributed by atoms with Crippen molar-refractivity contribution in [3.05, 3.63) is 65.7 Å². The van der Waals surface area contributed by atoms with E-state index >= 15 is 0 Å². The number of likely N-dealkylation sites (N-methyl/N-ethyl adjacent to an activating group) is 1. The predicted octanol–water partition coefficient (Wildman–Crippen LogP) is 3.75. The Kier molecular flexibility index (Phi) is 9.22. The minimum Gasteiger partial charge on any atom is -0.494 e. The second kappa shape index (κ2) is 11.9. The molecule has 0 unspecified atom stereocenters. The Morgan fingerprint density at radius 3 is 2.38 bits per heavy atom. The van der Waals surface area contributed by atoms with E-state index in [4.69, 9.17) is 4.74 Å². The van der Waals surface area contributed by atoms with Gasteiger partial charge in [-0.15, -0.1) is 0 Å². The van der Waals surface area contributed by atoms with Crippen molar-refractivity contribution in [2.45, 2.75) is 45.6 Å². The third-order valence-electron chi connectivity index (χ3n) is 4.94. The first-order chi connectivity index (χ1) is 14.0. The van der Waals surface area contributed by atoms with Gasteiger partial charge in [0.2, 0.25) is 11.8 Å². The molecule has 0 saturated carbocycles. The van der Waals surface area contributed by atoms with E-state index in [9.17, 15) is 9.59 Å². The molecule has 0 spiro atoms. The Balaban J connectivity index is 1.93. The van der Waals surface area contributed by atoms with Gasteiger partial charge in [0.15, 0.2) is 0 Å². The van der Waals surface area contributed by atoms with Gasteiger partial charge < -0.3 is 15.0 Å². The molecule has 0 aliphatic rings. The lowest BCUT2D eigenvalue weighted by Gasteiger charge is -2.30. The smallest absolute Gasteiger partial charge is 0.242 e. The molecular weight excluding hydrogens is 364 g/mol. The van der Waals surface area contributed by atoms with Gasteiger partial charge in [-0.2, -0.15) is 0 Å². The van der Waals surface area contributed by atoms with E-state index in [0.717, 1.165) is 17.7 Å². The van der Waals surface area contributed by atoms with Gasteiger partial charge in [0.25, 0.3) is 0 Å². The molecule has 0 aliphatic carbocycles. The SMILES string of the molecule is CC[C@H](C(=O)NC)N(CCc1ccccc1)C(=O)CCCOc1ccc(C)cc1. The number of hydrogen-bond acceptors (Lipinski definition) is 3. The first-order valence-electron chi connectivity index (χ1n) is 10.3. The zero-order chi connectivity index (χ0) is 21.1. The van der Waals surface area contributed by atoms with Crippen molar-refractivity contribution in [2.75, 3.05) is 20.2 Å². The van der Waals surface area contributed by atoms with Crippen LogP contribution in [0.2, 0.25) is 0 Å². The zero-order valence-electron chi connectivity index (χ0n) is 17.7. The Hall–Kier alpha value is -2.82. The maximum absolute atomic E-state index is 12.9. The third kappa shape index (κ3) is 7.26. The quantitative estimate of drug-likeness (QED) is 0.589. The van der Waals surface area contributed by atoms with E-state index in [1.807, 2.05) is 68.4 Å². The number of carbonyl (C=O) groups is 2. The fourth-order valence-corrected chi connectivity index (χ4v) is 3.25. The minimum absolute atomic E-state index is 0.0103. The standard InChI is InChI=1S/C24H32N2O3/c1-4-22(24(28)25-3)26(17-16-20-9-6-5-7-10-20)23(27)11-8-18-29-21-14-12-19(2)13-15-21/h5-7,9-10,12-15,22H,4,8,11,16-18H2,1-3H3,(H,25,28)/t22-/m1/s1. The first kappa shape index (κ1) is 22.5. The number of rotatable bonds is 11. The van der Waals surface area contributed by atoms with Gasteiger partial charge in [-0.05, 0) is 43.9 Å². The van der Waals surface area contributed by atoms with E-state index in [2.05, 4.69) is 5.32 Å². The molecule has 156 valence electrons. The van der Waals surface area contributed by atoms with Crippen LogP contribution in [0, 0.1) is 6.92 Å². The van der Waals surface area contributed by atoms with Crippen LogP contribution in [0.4, 0.5) is 0 Å². The Morgan fingerprint density at radius 1 is 1.07 bits per heavy atom. The van der Waals surface area contributed by atoms with Crippen LogP contribution in [0.5, 0.6) is 5.75 Å².